The molecule has 4 rings (SSSR count). The molecular formula is C23H27N3O3S3. The lowest BCUT2D eigenvalue weighted by molar-refractivity contribution is 0.0924. The summed E-state index contributed by atoms with van der Waals surface area (Å²) in [5.41, 5.74) is 2.79. The van der Waals surface area contributed by atoms with Gasteiger partial charge in [0.25, 0.3) is 5.91 Å². The number of rotatable bonds is 8. The van der Waals surface area contributed by atoms with E-state index in [9.17, 15) is 13.2 Å². The minimum atomic E-state index is -3.16. The number of amides is 1. The third-order valence-electron chi connectivity index (χ3n) is 5.50. The third-order valence-corrected chi connectivity index (χ3v) is 9.82. The van der Waals surface area contributed by atoms with Gasteiger partial charge in [-0.1, -0.05) is 43.0 Å². The van der Waals surface area contributed by atoms with Crippen molar-refractivity contribution in [1.82, 2.24) is 14.6 Å². The van der Waals surface area contributed by atoms with Gasteiger partial charge in [0.1, 0.15) is 0 Å². The first kappa shape index (κ1) is 23.2. The van der Waals surface area contributed by atoms with Crippen LogP contribution in [0, 0.1) is 0 Å². The minimum Gasteiger partial charge on any atom is -0.349 e. The Morgan fingerprint density at radius 2 is 1.88 bits per heavy atom. The highest BCUT2D eigenvalue weighted by Crippen LogP contribution is 2.31. The largest absolute Gasteiger partial charge is 0.349 e. The van der Waals surface area contributed by atoms with Crippen molar-refractivity contribution in [2.75, 3.05) is 18.8 Å². The molecule has 170 valence electrons. The van der Waals surface area contributed by atoms with Gasteiger partial charge in [0, 0.05) is 30.4 Å². The molecule has 0 aliphatic carbocycles. The number of piperidine rings is 1. The molecule has 9 heteroatoms. The van der Waals surface area contributed by atoms with Gasteiger partial charge in [0.05, 0.1) is 16.0 Å². The van der Waals surface area contributed by atoms with E-state index in [1.165, 1.54) is 4.70 Å². The SMILES string of the molecule is CCCS(=O)(=O)N1CCC(NC(=O)c2ccc(CSc3nc4ccccc4s3)cc2)CC1. The molecule has 1 aliphatic rings. The van der Waals surface area contributed by atoms with Gasteiger partial charge in [0.15, 0.2) is 4.34 Å². The standard InChI is InChI=1S/C23H27N3O3S3/c1-2-15-32(28,29)26-13-11-19(12-14-26)24-22(27)18-9-7-17(8-10-18)16-30-23-25-20-5-3-4-6-21(20)31-23/h3-10,19H,2,11-16H2,1H3,(H,24,27). The molecule has 1 aliphatic heterocycles. The van der Waals surface area contributed by atoms with Gasteiger partial charge in [-0.25, -0.2) is 17.7 Å². The van der Waals surface area contributed by atoms with E-state index in [2.05, 4.69) is 16.4 Å². The Morgan fingerprint density at radius 1 is 1.16 bits per heavy atom. The Labute approximate surface area is 197 Å². The number of fused-ring (bicyclic) bond motifs is 1. The first-order valence-electron chi connectivity index (χ1n) is 10.8. The van der Waals surface area contributed by atoms with E-state index in [1.54, 1.807) is 27.4 Å². The molecule has 0 radical (unpaired) electrons. The number of thioether (sulfide) groups is 1. The predicted octanol–water partition coefficient (Wildman–Crippen LogP) is 4.52. The highest BCUT2D eigenvalue weighted by Gasteiger charge is 2.28. The molecule has 6 nitrogen and oxygen atoms in total. The molecule has 0 bridgehead atoms. The number of carbonyl (C=O) groups is 1. The van der Waals surface area contributed by atoms with Gasteiger partial charge in [0.2, 0.25) is 10.0 Å². The summed E-state index contributed by atoms with van der Waals surface area (Å²) in [6.07, 6.45) is 1.91. The van der Waals surface area contributed by atoms with Gasteiger partial charge in [-0.2, -0.15) is 0 Å². The van der Waals surface area contributed by atoms with Crippen molar-refractivity contribution in [2.24, 2.45) is 0 Å². The predicted molar refractivity (Wildman–Crippen MR) is 132 cm³/mol. The van der Waals surface area contributed by atoms with Crippen LogP contribution in [0.1, 0.15) is 42.1 Å². The van der Waals surface area contributed by atoms with Crippen molar-refractivity contribution in [3.8, 4) is 0 Å². The molecule has 0 unspecified atom stereocenters. The highest BCUT2D eigenvalue weighted by molar-refractivity contribution is 8.00. The van der Waals surface area contributed by atoms with Crippen LogP contribution in [0.25, 0.3) is 10.2 Å². The average Bonchev–Trinajstić information content (AvgIpc) is 3.21. The van der Waals surface area contributed by atoms with Crippen molar-refractivity contribution in [3.63, 3.8) is 0 Å². The van der Waals surface area contributed by atoms with Crippen molar-refractivity contribution in [3.05, 3.63) is 59.7 Å². The van der Waals surface area contributed by atoms with E-state index in [-0.39, 0.29) is 17.7 Å². The molecular weight excluding hydrogens is 462 g/mol. The Balaban J connectivity index is 1.27. The van der Waals surface area contributed by atoms with E-state index < -0.39 is 10.0 Å². The maximum absolute atomic E-state index is 12.6. The van der Waals surface area contributed by atoms with Crippen LogP contribution in [0.2, 0.25) is 0 Å². The Kier molecular flexibility index (Phi) is 7.50. The fourth-order valence-electron chi connectivity index (χ4n) is 3.74. The summed E-state index contributed by atoms with van der Waals surface area (Å²) < 4.78 is 28.2. The van der Waals surface area contributed by atoms with E-state index >= 15 is 0 Å². The van der Waals surface area contributed by atoms with Crippen LogP contribution < -0.4 is 5.32 Å². The molecule has 0 spiro atoms. The number of sulfonamides is 1. The molecule has 0 atom stereocenters. The number of para-hydroxylation sites is 1. The zero-order valence-corrected chi connectivity index (χ0v) is 20.4. The second-order valence-corrected chi connectivity index (χ2v) is 12.2. The first-order valence-corrected chi connectivity index (χ1v) is 14.2. The van der Waals surface area contributed by atoms with Crippen molar-refractivity contribution < 1.29 is 13.2 Å². The number of hydrogen-bond donors (Lipinski definition) is 1. The zero-order chi connectivity index (χ0) is 22.6. The fourth-order valence-corrected chi connectivity index (χ4v) is 7.31. The van der Waals surface area contributed by atoms with Crippen molar-refractivity contribution in [2.45, 2.75) is 42.3 Å². The van der Waals surface area contributed by atoms with E-state index in [1.807, 2.05) is 49.4 Å². The first-order chi connectivity index (χ1) is 15.4. The van der Waals surface area contributed by atoms with Gasteiger partial charge >= 0.3 is 0 Å². The summed E-state index contributed by atoms with van der Waals surface area (Å²) in [4.78, 5) is 17.3. The summed E-state index contributed by atoms with van der Waals surface area (Å²) in [5.74, 6) is 0.880. The van der Waals surface area contributed by atoms with Crippen LogP contribution in [0.4, 0.5) is 0 Å². The maximum Gasteiger partial charge on any atom is 0.251 e. The Morgan fingerprint density at radius 3 is 2.56 bits per heavy atom. The second-order valence-electron chi connectivity index (χ2n) is 7.90. The van der Waals surface area contributed by atoms with E-state index in [0.29, 0.717) is 37.9 Å². The molecule has 0 saturated carbocycles. The Bertz CT molecular complexity index is 1130. The lowest BCUT2D eigenvalue weighted by Gasteiger charge is -2.31. The minimum absolute atomic E-state index is 0.00449. The zero-order valence-electron chi connectivity index (χ0n) is 18.0. The molecule has 1 amide bonds. The summed E-state index contributed by atoms with van der Waals surface area (Å²) in [6.45, 7) is 2.81. The van der Waals surface area contributed by atoms with Gasteiger partial charge < -0.3 is 5.32 Å². The summed E-state index contributed by atoms with van der Waals surface area (Å²) >= 11 is 3.40. The van der Waals surface area contributed by atoms with Gasteiger partial charge in [-0.15, -0.1) is 11.3 Å². The number of aromatic nitrogens is 1. The molecule has 2 heterocycles. The van der Waals surface area contributed by atoms with Crippen LogP contribution in [0.3, 0.4) is 0 Å². The summed E-state index contributed by atoms with van der Waals surface area (Å²) in [6, 6.07) is 15.8. The van der Waals surface area contributed by atoms with Crippen molar-refractivity contribution in [1.29, 1.82) is 0 Å². The number of nitrogens with one attached hydrogen (secondary N) is 1. The normalized spacial score (nSPS) is 15.8. The highest BCUT2D eigenvalue weighted by atomic mass is 32.2. The van der Waals surface area contributed by atoms with Gasteiger partial charge in [-0.3, -0.25) is 4.79 Å². The molecule has 1 aromatic heterocycles. The molecule has 3 aromatic rings. The lowest BCUT2D eigenvalue weighted by atomic mass is 10.1. The van der Waals surface area contributed by atoms with Crippen LogP contribution in [0.15, 0.2) is 52.9 Å². The molecule has 1 N–H and O–H groups in total. The van der Waals surface area contributed by atoms with Crippen LogP contribution in [-0.4, -0.2) is 48.5 Å². The second kappa shape index (κ2) is 10.3. The number of benzene rings is 2. The summed E-state index contributed by atoms with van der Waals surface area (Å²) in [7, 11) is -3.16. The molecule has 1 fully saturated rings. The lowest BCUT2D eigenvalue weighted by Crippen LogP contribution is -2.47. The average molecular weight is 490 g/mol. The van der Waals surface area contributed by atoms with Gasteiger partial charge in [-0.05, 0) is 49.1 Å². The number of hydrogen-bond acceptors (Lipinski definition) is 6. The molecule has 1 saturated heterocycles. The maximum atomic E-state index is 12.6. The number of thiazole rings is 1. The smallest absolute Gasteiger partial charge is 0.251 e. The van der Waals surface area contributed by atoms with Crippen LogP contribution in [0.5, 0.6) is 0 Å². The van der Waals surface area contributed by atoms with Crippen molar-refractivity contribution >= 4 is 49.2 Å². The number of nitrogens with zero attached hydrogens (tertiary/aromatic N) is 2. The van der Waals surface area contributed by atoms with Crippen LogP contribution in [-0.2, 0) is 15.8 Å². The number of carbonyl (C=O) groups excluding carboxylic acids is 1. The Hall–Kier alpha value is -1.94. The fraction of sp³-hybridized carbons (Fsp3) is 0.391. The van der Waals surface area contributed by atoms with E-state index in [0.717, 1.165) is 21.2 Å². The topological polar surface area (TPSA) is 79.4 Å². The monoisotopic (exact) mass is 489 g/mol. The quantitative estimate of drug-likeness (QED) is 0.471. The molecule has 2 aromatic carbocycles. The summed E-state index contributed by atoms with van der Waals surface area (Å²) in [5, 5.41) is 3.06. The van der Waals surface area contributed by atoms with Crippen LogP contribution >= 0.6 is 23.1 Å². The molecule has 32 heavy (non-hydrogen) atoms. The third kappa shape index (κ3) is 5.70. The van der Waals surface area contributed by atoms with E-state index in [4.69, 9.17) is 0 Å².